The van der Waals surface area contributed by atoms with Crippen LogP contribution in [0.15, 0.2) is 0 Å². The first-order chi connectivity index (χ1) is 9.54. The average Bonchev–Trinajstić information content (AvgIpc) is 2.36. The average molecular weight is 284 g/mol. The van der Waals surface area contributed by atoms with Gasteiger partial charge in [-0.25, -0.2) is 0 Å². The standard InChI is InChI=1S/C15H24O5/c16-12-10-8-6-4-2-1-3-5-7-9-11(12)13(14(17)18)15(19)20/h11,13H,1-10H2,(H,17,18)(H,19,20). The minimum atomic E-state index is -1.59. The van der Waals surface area contributed by atoms with Gasteiger partial charge < -0.3 is 10.2 Å². The molecule has 1 unspecified atom stereocenters. The Balaban J connectivity index is 2.76. The van der Waals surface area contributed by atoms with Crippen LogP contribution >= 0.6 is 0 Å². The van der Waals surface area contributed by atoms with Gasteiger partial charge in [0.05, 0.1) is 0 Å². The minimum absolute atomic E-state index is 0.194. The van der Waals surface area contributed by atoms with Crippen LogP contribution in [0.4, 0.5) is 0 Å². The SMILES string of the molecule is O=C1CCCCCCCCCCC1C(C(=O)O)C(=O)O. The summed E-state index contributed by atoms with van der Waals surface area (Å²) in [6.07, 6.45) is 8.58. The van der Waals surface area contributed by atoms with Crippen LogP contribution in [0.1, 0.15) is 64.2 Å². The smallest absolute Gasteiger partial charge is 0.318 e. The van der Waals surface area contributed by atoms with Gasteiger partial charge in [0.2, 0.25) is 0 Å². The van der Waals surface area contributed by atoms with E-state index < -0.39 is 23.8 Å². The van der Waals surface area contributed by atoms with Gasteiger partial charge in [-0.05, 0) is 12.8 Å². The second-order valence-corrected chi connectivity index (χ2v) is 5.59. The highest BCUT2D eigenvalue weighted by Gasteiger charge is 2.38. The second-order valence-electron chi connectivity index (χ2n) is 5.59. The van der Waals surface area contributed by atoms with E-state index in [0.717, 1.165) is 38.5 Å². The zero-order chi connectivity index (χ0) is 15.0. The number of hydrogen-bond donors (Lipinski definition) is 2. The van der Waals surface area contributed by atoms with E-state index in [4.69, 9.17) is 10.2 Å². The molecule has 0 saturated heterocycles. The van der Waals surface area contributed by atoms with Gasteiger partial charge in [-0.1, -0.05) is 44.9 Å². The topological polar surface area (TPSA) is 91.7 Å². The molecule has 1 aliphatic carbocycles. The summed E-state index contributed by atoms with van der Waals surface area (Å²) in [4.78, 5) is 34.4. The van der Waals surface area contributed by atoms with Crippen molar-refractivity contribution in [2.75, 3.05) is 0 Å². The van der Waals surface area contributed by atoms with Gasteiger partial charge in [-0.2, -0.15) is 0 Å². The summed E-state index contributed by atoms with van der Waals surface area (Å²) in [5, 5.41) is 18.1. The summed E-state index contributed by atoms with van der Waals surface area (Å²) in [5.41, 5.74) is 0. The summed E-state index contributed by atoms with van der Waals surface area (Å²) in [5.74, 6) is -5.46. The van der Waals surface area contributed by atoms with Gasteiger partial charge in [0.1, 0.15) is 5.78 Å². The highest BCUT2D eigenvalue weighted by molar-refractivity contribution is 5.99. The predicted molar refractivity (Wildman–Crippen MR) is 73.4 cm³/mol. The summed E-state index contributed by atoms with van der Waals surface area (Å²) in [6.45, 7) is 0. The molecule has 0 aliphatic heterocycles. The van der Waals surface area contributed by atoms with Gasteiger partial charge in [0, 0.05) is 12.3 Å². The van der Waals surface area contributed by atoms with Crippen molar-refractivity contribution in [1.29, 1.82) is 0 Å². The lowest BCUT2D eigenvalue weighted by atomic mass is 9.82. The Bertz CT molecular complexity index is 336. The fraction of sp³-hybridized carbons (Fsp3) is 0.800. The monoisotopic (exact) mass is 284 g/mol. The van der Waals surface area contributed by atoms with Gasteiger partial charge in [-0.3, -0.25) is 14.4 Å². The van der Waals surface area contributed by atoms with Gasteiger partial charge in [0.15, 0.2) is 5.92 Å². The highest BCUT2D eigenvalue weighted by Crippen LogP contribution is 2.25. The molecule has 2 N–H and O–H groups in total. The molecule has 0 aromatic heterocycles. The van der Waals surface area contributed by atoms with Gasteiger partial charge >= 0.3 is 11.9 Å². The predicted octanol–water partition coefficient (Wildman–Crippen LogP) is 2.87. The van der Waals surface area contributed by atoms with Crippen molar-refractivity contribution >= 4 is 17.7 Å². The first-order valence-electron chi connectivity index (χ1n) is 7.52. The van der Waals surface area contributed by atoms with Gasteiger partial charge in [-0.15, -0.1) is 0 Å². The molecule has 1 saturated carbocycles. The summed E-state index contributed by atoms with van der Waals surface area (Å²) >= 11 is 0. The molecular formula is C15H24O5. The van der Waals surface area contributed by atoms with Crippen LogP contribution in [0.2, 0.25) is 0 Å². The van der Waals surface area contributed by atoms with Crippen molar-refractivity contribution in [3.05, 3.63) is 0 Å². The molecule has 0 amide bonds. The van der Waals surface area contributed by atoms with E-state index in [-0.39, 0.29) is 5.78 Å². The number of ketones is 1. The van der Waals surface area contributed by atoms with Crippen molar-refractivity contribution in [2.45, 2.75) is 64.2 Å². The van der Waals surface area contributed by atoms with E-state index in [2.05, 4.69) is 0 Å². The van der Waals surface area contributed by atoms with Crippen molar-refractivity contribution in [3.8, 4) is 0 Å². The van der Waals surface area contributed by atoms with Crippen molar-refractivity contribution in [1.82, 2.24) is 0 Å². The normalized spacial score (nSPS) is 22.9. The number of Topliss-reactive ketones (excluding diaryl/α,β-unsaturated/α-hetero) is 1. The molecule has 20 heavy (non-hydrogen) atoms. The Hall–Kier alpha value is -1.39. The number of rotatable bonds is 3. The van der Waals surface area contributed by atoms with Crippen molar-refractivity contribution in [2.24, 2.45) is 11.8 Å². The fourth-order valence-corrected chi connectivity index (χ4v) is 2.87. The summed E-state index contributed by atoms with van der Waals surface area (Å²) < 4.78 is 0. The Morgan fingerprint density at radius 3 is 1.80 bits per heavy atom. The molecule has 1 aliphatic rings. The Kier molecular flexibility index (Phi) is 7.26. The van der Waals surface area contributed by atoms with E-state index in [1.807, 2.05) is 0 Å². The van der Waals surface area contributed by atoms with Gasteiger partial charge in [0.25, 0.3) is 0 Å². The van der Waals surface area contributed by atoms with Crippen LogP contribution in [0.25, 0.3) is 0 Å². The lowest BCUT2D eigenvalue weighted by Gasteiger charge is -2.20. The maximum absolute atomic E-state index is 12.2. The van der Waals surface area contributed by atoms with E-state index in [1.165, 1.54) is 12.8 Å². The van der Waals surface area contributed by atoms with Crippen LogP contribution in [0, 0.1) is 11.8 Å². The zero-order valence-corrected chi connectivity index (χ0v) is 11.8. The number of carboxylic acids is 2. The number of aliphatic carboxylic acids is 2. The fourth-order valence-electron chi connectivity index (χ4n) is 2.87. The Morgan fingerprint density at radius 1 is 0.850 bits per heavy atom. The third kappa shape index (κ3) is 5.31. The lowest BCUT2D eigenvalue weighted by Crippen LogP contribution is -2.36. The quantitative estimate of drug-likeness (QED) is 0.777. The van der Waals surface area contributed by atoms with Crippen LogP contribution in [-0.2, 0) is 14.4 Å². The maximum atomic E-state index is 12.2. The third-order valence-electron chi connectivity index (χ3n) is 4.04. The molecule has 114 valence electrons. The van der Waals surface area contributed by atoms with E-state index in [1.54, 1.807) is 0 Å². The minimum Gasteiger partial charge on any atom is -0.481 e. The van der Waals surface area contributed by atoms with Crippen LogP contribution in [0.5, 0.6) is 0 Å². The molecule has 0 bridgehead atoms. The molecule has 0 spiro atoms. The molecule has 5 nitrogen and oxygen atoms in total. The van der Waals surface area contributed by atoms with Crippen molar-refractivity contribution < 1.29 is 24.6 Å². The number of carboxylic acid groups (broad SMARTS) is 2. The number of hydrogen-bond acceptors (Lipinski definition) is 3. The summed E-state index contributed by atoms with van der Waals surface area (Å²) in [7, 11) is 0. The molecule has 0 heterocycles. The summed E-state index contributed by atoms with van der Waals surface area (Å²) in [6, 6.07) is 0. The maximum Gasteiger partial charge on any atom is 0.318 e. The zero-order valence-electron chi connectivity index (χ0n) is 11.8. The van der Waals surface area contributed by atoms with E-state index >= 15 is 0 Å². The molecule has 1 rings (SSSR count). The van der Waals surface area contributed by atoms with Crippen LogP contribution in [-0.4, -0.2) is 27.9 Å². The lowest BCUT2D eigenvalue weighted by molar-refractivity contribution is -0.160. The van der Waals surface area contributed by atoms with Crippen molar-refractivity contribution in [3.63, 3.8) is 0 Å². The molecule has 0 aromatic rings. The molecule has 0 radical (unpaired) electrons. The van der Waals surface area contributed by atoms with Crippen LogP contribution in [0.3, 0.4) is 0 Å². The second kappa shape index (κ2) is 8.72. The molecule has 1 fully saturated rings. The van der Waals surface area contributed by atoms with E-state index in [0.29, 0.717) is 12.8 Å². The Labute approximate surface area is 119 Å². The number of carbonyl (C=O) groups is 3. The first-order valence-corrected chi connectivity index (χ1v) is 7.52. The Morgan fingerprint density at radius 2 is 1.30 bits per heavy atom. The first kappa shape index (κ1) is 16.7. The largest absolute Gasteiger partial charge is 0.481 e. The van der Waals surface area contributed by atoms with Crippen LogP contribution < -0.4 is 0 Å². The molecular weight excluding hydrogens is 260 g/mol. The molecule has 5 heteroatoms. The third-order valence-corrected chi connectivity index (χ3v) is 4.04. The molecule has 1 atom stereocenters. The molecule has 0 aromatic carbocycles. The van der Waals surface area contributed by atoms with E-state index in [9.17, 15) is 14.4 Å². The number of carbonyl (C=O) groups excluding carboxylic acids is 1. The highest BCUT2D eigenvalue weighted by atomic mass is 16.4.